The van der Waals surface area contributed by atoms with Gasteiger partial charge in [0.05, 0.1) is 6.61 Å². The molecule has 3 nitrogen and oxygen atoms in total. The molecule has 3 heteroatoms. The van der Waals surface area contributed by atoms with Crippen molar-refractivity contribution in [2.45, 2.75) is 44.8 Å². The molecule has 2 N–H and O–H groups in total. The number of nitrogens with zero attached hydrogens (tertiary/aromatic N) is 1. The van der Waals surface area contributed by atoms with Gasteiger partial charge in [0, 0.05) is 31.8 Å². The molecule has 78 valence electrons. The minimum absolute atomic E-state index is 0.404. The average Bonchev–Trinajstić information content (AvgIpc) is 2.04. The van der Waals surface area contributed by atoms with Crippen LogP contribution >= 0.6 is 0 Å². The summed E-state index contributed by atoms with van der Waals surface area (Å²) >= 11 is 0. The maximum absolute atomic E-state index is 5.90. The molecule has 13 heavy (non-hydrogen) atoms. The van der Waals surface area contributed by atoms with Gasteiger partial charge in [0.2, 0.25) is 0 Å². The number of hydrogen-bond donors (Lipinski definition) is 1. The molecule has 0 aliphatic carbocycles. The van der Waals surface area contributed by atoms with E-state index in [1.54, 1.807) is 7.11 Å². The number of ether oxygens (including phenoxy) is 1. The van der Waals surface area contributed by atoms with Crippen LogP contribution in [0.1, 0.15) is 26.7 Å². The maximum atomic E-state index is 5.90. The molecule has 1 heterocycles. The molecule has 0 aromatic rings. The molecule has 0 saturated carbocycles. The number of rotatable bonds is 3. The van der Waals surface area contributed by atoms with Gasteiger partial charge in [0.1, 0.15) is 0 Å². The van der Waals surface area contributed by atoms with Crippen molar-refractivity contribution in [3.8, 4) is 0 Å². The van der Waals surface area contributed by atoms with Crippen molar-refractivity contribution in [1.82, 2.24) is 4.90 Å². The van der Waals surface area contributed by atoms with Crippen LogP contribution in [0, 0.1) is 0 Å². The third-order valence-corrected chi connectivity index (χ3v) is 2.94. The van der Waals surface area contributed by atoms with Gasteiger partial charge in [-0.25, -0.2) is 0 Å². The summed E-state index contributed by atoms with van der Waals surface area (Å²) < 4.78 is 5.16. The normalized spacial score (nSPS) is 33.2. The summed E-state index contributed by atoms with van der Waals surface area (Å²) in [6, 6.07) is 1.53. The van der Waals surface area contributed by atoms with E-state index in [1.807, 2.05) is 0 Å². The highest BCUT2D eigenvalue weighted by atomic mass is 16.5. The van der Waals surface area contributed by atoms with E-state index in [4.69, 9.17) is 10.5 Å². The minimum Gasteiger partial charge on any atom is -0.383 e. The van der Waals surface area contributed by atoms with Crippen molar-refractivity contribution in [3.05, 3.63) is 0 Å². The molecule has 0 radical (unpaired) electrons. The molecule has 0 bridgehead atoms. The third kappa shape index (κ3) is 2.93. The van der Waals surface area contributed by atoms with Crippen molar-refractivity contribution in [2.24, 2.45) is 5.73 Å². The summed E-state index contributed by atoms with van der Waals surface area (Å²) in [5.74, 6) is 0. The predicted octanol–water partition coefficient (Wildman–Crippen LogP) is 0.833. The molecule has 1 aliphatic heterocycles. The Morgan fingerprint density at radius 2 is 2.31 bits per heavy atom. The van der Waals surface area contributed by atoms with Gasteiger partial charge in [-0.2, -0.15) is 0 Å². The molecule has 3 unspecified atom stereocenters. The van der Waals surface area contributed by atoms with Gasteiger partial charge in [0.25, 0.3) is 0 Å². The summed E-state index contributed by atoms with van der Waals surface area (Å²) in [6.45, 7) is 6.41. The zero-order valence-corrected chi connectivity index (χ0v) is 8.99. The lowest BCUT2D eigenvalue weighted by Gasteiger charge is -2.40. The van der Waals surface area contributed by atoms with Crippen molar-refractivity contribution < 1.29 is 4.74 Å². The Bertz CT molecular complexity index is 148. The van der Waals surface area contributed by atoms with Crippen LogP contribution in [0.4, 0.5) is 0 Å². The largest absolute Gasteiger partial charge is 0.383 e. The van der Waals surface area contributed by atoms with Crippen molar-refractivity contribution in [2.75, 3.05) is 20.3 Å². The zero-order chi connectivity index (χ0) is 9.84. The van der Waals surface area contributed by atoms with E-state index >= 15 is 0 Å². The van der Waals surface area contributed by atoms with Crippen LogP contribution in [-0.4, -0.2) is 43.3 Å². The van der Waals surface area contributed by atoms with E-state index in [1.165, 1.54) is 0 Å². The Labute approximate surface area is 81.2 Å². The molecule has 1 fully saturated rings. The van der Waals surface area contributed by atoms with E-state index in [0.29, 0.717) is 18.1 Å². The van der Waals surface area contributed by atoms with Crippen LogP contribution in [0.2, 0.25) is 0 Å². The SMILES string of the molecule is COCC(C)N1CCC(N)CC1C. The highest BCUT2D eigenvalue weighted by molar-refractivity contribution is 4.83. The second-order valence-corrected chi connectivity index (χ2v) is 4.18. The van der Waals surface area contributed by atoms with Crippen LogP contribution in [-0.2, 0) is 4.74 Å². The van der Waals surface area contributed by atoms with Gasteiger partial charge in [-0.05, 0) is 26.7 Å². The quantitative estimate of drug-likeness (QED) is 0.709. The molecular formula is C10H22N2O. The summed E-state index contributed by atoms with van der Waals surface area (Å²) in [7, 11) is 1.76. The van der Waals surface area contributed by atoms with Crippen molar-refractivity contribution >= 4 is 0 Å². The topological polar surface area (TPSA) is 38.5 Å². The first-order valence-electron chi connectivity index (χ1n) is 5.15. The summed E-state index contributed by atoms with van der Waals surface area (Å²) in [5, 5.41) is 0. The maximum Gasteiger partial charge on any atom is 0.0615 e. The van der Waals surface area contributed by atoms with Crippen molar-refractivity contribution in [3.63, 3.8) is 0 Å². The second kappa shape index (κ2) is 4.94. The first-order chi connectivity index (χ1) is 6.15. The van der Waals surface area contributed by atoms with Crippen molar-refractivity contribution in [1.29, 1.82) is 0 Å². The number of hydrogen-bond acceptors (Lipinski definition) is 3. The van der Waals surface area contributed by atoms with Gasteiger partial charge >= 0.3 is 0 Å². The second-order valence-electron chi connectivity index (χ2n) is 4.18. The van der Waals surface area contributed by atoms with Gasteiger partial charge in [-0.1, -0.05) is 0 Å². The third-order valence-electron chi connectivity index (χ3n) is 2.94. The van der Waals surface area contributed by atoms with Gasteiger partial charge in [0.15, 0.2) is 0 Å². The molecule has 0 aromatic carbocycles. The number of nitrogens with two attached hydrogens (primary N) is 1. The van der Waals surface area contributed by atoms with E-state index < -0.39 is 0 Å². The molecule has 1 aliphatic rings. The summed E-state index contributed by atoms with van der Waals surface area (Å²) in [5.41, 5.74) is 5.90. The lowest BCUT2D eigenvalue weighted by Crippen LogP contribution is -2.50. The van der Waals surface area contributed by atoms with Gasteiger partial charge in [-0.15, -0.1) is 0 Å². The zero-order valence-electron chi connectivity index (χ0n) is 8.99. The molecule has 0 amide bonds. The standard InChI is InChI=1S/C10H22N2O/c1-8-6-10(11)4-5-12(8)9(2)7-13-3/h8-10H,4-7,11H2,1-3H3. The Kier molecular flexibility index (Phi) is 4.16. The number of likely N-dealkylation sites (tertiary alicyclic amines) is 1. The molecular weight excluding hydrogens is 164 g/mol. The molecule has 0 spiro atoms. The fourth-order valence-corrected chi connectivity index (χ4v) is 2.22. The molecule has 1 rings (SSSR count). The van der Waals surface area contributed by atoms with E-state index in [0.717, 1.165) is 26.0 Å². The van der Waals surface area contributed by atoms with Crippen LogP contribution in [0.25, 0.3) is 0 Å². The molecule has 1 saturated heterocycles. The summed E-state index contributed by atoms with van der Waals surface area (Å²) in [4.78, 5) is 2.49. The van der Waals surface area contributed by atoms with Gasteiger partial charge in [-0.3, -0.25) is 4.90 Å². The van der Waals surface area contributed by atoms with Crippen LogP contribution in [0.15, 0.2) is 0 Å². The molecule has 0 aromatic heterocycles. The highest BCUT2D eigenvalue weighted by Crippen LogP contribution is 2.18. The fourth-order valence-electron chi connectivity index (χ4n) is 2.22. The lowest BCUT2D eigenvalue weighted by atomic mass is 9.98. The Balaban J connectivity index is 2.40. The average molecular weight is 186 g/mol. The predicted molar refractivity (Wildman–Crippen MR) is 54.7 cm³/mol. The van der Waals surface area contributed by atoms with E-state index in [9.17, 15) is 0 Å². The van der Waals surface area contributed by atoms with Crippen LogP contribution < -0.4 is 5.73 Å². The van der Waals surface area contributed by atoms with Crippen LogP contribution in [0.5, 0.6) is 0 Å². The number of piperidine rings is 1. The van der Waals surface area contributed by atoms with E-state index in [2.05, 4.69) is 18.7 Å². The summed E-state index contributed by atoms with van der Waals surface area (Å²) in [6.07, 6.45) is 2.24. The fraction of sp³-hybridized carbons (Fsp3) is 1.00. The van der Waals surface area contributed by atoms with E-state index in [-0.39, 0.29) is 0 Å². The number of methoxy groups -OCH3 is 1. The molecule has 3 atom stereocenters. The smallest absolute Gasteiger partial charge is 0.0615 e. The van der Waals surface area contributed by atoms with Crippen LogP contribution in [0.3, 0.4) is 0 Å². The first kappa shape index (κ1) is 11.0. The van der Waals surface area contributed by atoms with Gasteiger partial charge < -0.3 is 10.5 Å². The monoisotopic (exact) mass is 186 g/mol. The Hall–Kier alpha value is -0.120. The lowest BCUT2D eigenvalue weighted by molar-refractivity contribution is 0.0504. The highest BCUT2D eigenvalue weighted by Gasteiger charge is 2.26. The minimum atomic E-state index is 0.404. The Morgan fingerprint density at radius 3 is 2.85 bits per heavy atom. The Morgan fingerprint density at radius 1 is 1.62 bits per heavy atom. The first-order valence-corrected chi connectivity index (χ1v) is 5.15.